The molecule has 3 unspecified atom stereocenters. The Kier molecular flexibility index (Phi) is 5.76. The van der Waals surface area contributed by atoms with Gasteiger partial charge in [0.25, 0.3) is 0 Å². The minimum atomic E-state index is -1.22. The highest BCUT2D eigenvalue weighted by Crippen LogP contribution is 2.43. The van der Waals surface area contributed by atoms with Crippen LogP contribution in [0.4, 0.5) is 8.78 Å². The number of nitrogens with zero attached hydrogens (tertiary/aromatic N) is 2. The number of rotatable bonds is 4. The van der Waals surface area contributed by atoms with Gasteiger partial charge >= 0.3 is 0 Å². The zero-order chi connectivity index (χ0) is 21.9. The van der Waals surface area contributed by atoms with Gasteiger partial charge in [0, 0.05) is 19.0 Å². The number of benzene rings is 1. The van der Waals surface area contributed by atoms with Crippen molar-refractivity contribution in [1.29, 1.82) is 0 Å². The molecular weight excluding hydrogens is 410 g/mol. The van der Waals surface area contributed by atoms with Crippen LogP contribution in [0.1, 0.15) is 37.0 Å². The lowest BCUT2D eigenvalue weighted by Crippen LogP contribution is -2.65. The highest BCUT2D eigenvalue weighted by Gasteiger charge is 2.55. The number of hydrogen-bond acceptors (Lipinski definition) is 8. The number of likely N-dealkylation sites (tertiary alicyclic amines) is 1. The van der Waals surface area contributed by atoms with Crippen LogP contribution < -0.4 is 11.1 Å². The first-order valence-electron chi connectivity index (χ1n) is 11.0. The number of hydrogen-bond donors (Lipinski definition) is 4. The molecule has 5 N–H and O–H groups in total. The molecule has 5 rings (SSSR count). The molecule has 10 heteroatoms. The molecule has 31 heavy (non-hydrogen) atoms. The maximum Gasteiger partial charge on any atom is 0.159 e. The van der Waals surface area contributed by atoms with Gasteiger partial charge in [-0.2, -0.15) is 0 Å². The Morgan fingerprint density at radius 2 is 2.00 bits per heavy atom. The van der Waals surface area contributed by atoms with Crippen molar-refractivity contribution in [2.45, 2.75) is 69.3 Å². The summed E-state index contributed by atoms with van der Waals surface area (Å²) in [6, 6.07) is 2.21. The van der Waals surface area contributed by atoms with E-state index >= 15 is 0 Å². The van der Waals surface area contributed by atoms with Gasteiger partial charge in [0.2, 0.25) is 0 Å². The molecular formula is C21H30F2N4O4. The van der Waals surface area contributed by atoms with Gasteiger partial charge in [-0.05, 0) is 36.1 Å². The zero-order valence-corrected chi connectivity index (χ0v) is 17.5. The molecule has 0 saturated carbocycles. The highest BCUT2D eigenvalue weighted by atomic mass is 19.2. The molecule has 1 aromatic rings. The SMILES string of the molecule is CCCN1CNC(N)C2CCN([C@@H]3O[C@H]([C@@H]4OCc5cc(F)c(F)cc54)[C@@H](O)[C@H]3O)C21. The Morgan fingerprint density at radius 3 is 2.77 bits per heavy atom. The molecule has 4 aliphatic heterocycles. The topological polar surface area (TPSA) is 103 Å². The van der Waals surface area contributed by atoms with E-state index in [4.69, 9.17) is 15.2 Å². The third-order valence-corrected chi connectivity index (χ3v) is 7.13. The summed E-state index contributed by atoms with van der Waals surface area (Å²) in [6.07, 6.45) is -3.12. The van der Waals surface area contributed by atoms with Crippen molar-refractivity contribution in [3.8, 4) is 0 Å². The van der Waals surface area contributed by atoms with Gasteiger partial charge in [-0.3, -0.25) is 15.1 Å². The quantitative estimate of drug-likeness (QED) is 0.526. The summed E-state index contributed by atoms with van der Waals surface area (Å²) in [6.45, 7) is 4.40. The van der Waals surface area contributed by atoms with E-state index in [1.54, 1.807) is 0 Å². The van der Waals surface area contributed by atoms with Crippen LogP contribution in [0.25, 0.3) is 0 Å². The van der Waals surface area contributed by atoms with Crippen LogP contribution in [0.2, 0.25) is 0 Å². The molecule has 172 valence electrons. The largest absolute Gasteiger partial charge is 0.387 e. The summed E-state index contributed by atoms with van der Waals surface area (Å²) >= 11 is 0. The Balaban J connectivity index is 1.39. The summed E-state index contributed by atoms with van der Waals surface area (Å²) in [5.74, 6) is -1.73. The van der Waals surface area contributed by atoms with E-state index in [1.165, 1.54) is 0 Å². The fourth-order valence-electron chi connectivity index (χ4n) is 5.66. The Hall–Kier alpha value is -1.24. The first-order chi connectivity index (χ1) is 14.9. The summed E-state index contributed by atoms with van der Waals surface area (Å²) in [4.78, 5) is 4.37. The van der Waals surface area contributed by atoms with Crippen LogP contribution in [0.15, 0.2) is 12.1 Å². The van der Waals surface area contributed by atoms with E-state index in [9.17, 15) is 19.0 Å². The molecule has 0 aliphatic carbocycles. The number of nitrogens with two attached hydrogens (primary N) is 1. The maximum atomic E-state index is 13.9. The van der Waals surface area contributed by atoms with Crippen LogP contribution in [-0.2, 0) is 16.1 Å². The van der Waals surface area contributed by atoms with E-state index < -0.39 is 42.3 Å². The molecule has 3 fully saturated rings. The number of ether oxygens (including phenoxy) is 2. The Morgan fingerprint density at radius 1 is 1.23 bits per heavy atom. The monoisotopic (exact) mass is 440 g/mol. The predicted molar refractivity (Wildman–Crippen MR) is 106 cm³/mol. The zero-order valence-electron chi connectivity index (χ0n) is 17.5. The standard InChI is InChI=1S/C21H30F2N4O4/c1-2-4-26-9-25-19(24)11-3-5-27(20(11)26)21-16(29)15(28)18(31-21)17-12-7-14(23)13(22)6-10(12)8-30-17/h6-7,11,15-21,25,28-29H,2-5,8-9,24H2,1H3/t11?,15-,16+,17+,18-,19?,20?,21+/m0/s1. The van der Waals surface area contributed by atoms with E-state index in [0.29, 0.717) is 24.3 Å². The molecule has 1 aromatic carbocycles. The van der Waals surface area contributed by atoms with Gasteiger partial charge in [0.05, 0.1) is 25.6 Å². The molecule has 0 aromatic heterocycles. The highest BCUT2D eigenvalue weighted by molar-refractivity contribution is 5.34. The van der Waals surface area contributed by atoms with E-state index in [-0.39, 0.29) is 24.9 Å². The van der Waals surface area contributed by atoms with Gasteiger partial charge in [0.15, 0.2) is 11.6 Å². The second kappa shape index (κ2) is 8.27. The van der Waals surface area contributed by atoms with Crippen LogP contribution >= 0.6 is 0 Å². The molecule has 8 nitrogen and oxygen atoms in total. The lowest BCUT2D eigenvalue weighted by Gasteiger charge is -2.46. The summed E-state index contributed by atoms with van der Waals surface area (Å²) in [5, 5.41) is 25.0. The second-order valence-electron chi connectivity index (χ2n) is 8.97. The van der Waals surface area contributed by atoms with Crippen LogP contribution in [0.3, 0.4) is 0 Å². The summed E-state index contributed by atoms with van der Waals surface area (Å²) in [5.41, 5.74) is 7.28. The van der Waals surface area contributed by atoms with Crippen molar-refractivity contribution in [1.82, 2.24) is 15.1 Å². The minimum absolute atomic E-state index is 0.00915. The van der Waals surface area contributed by atoms with Crippen molar-refractivity contribution < 1.29 is 28.5 Å². The third kappa shape index (κ3) is 3.50. The van der Waals surface area contributed by atoms with E-state index in [1.807, 2.05) is 0 Å². The van der Waals surface area contributed by atoms with Crippen molar-refractivity contribution in [2.75, 3.05) is 19.8 Å². The molecule has 0 amide bonds. The fraction of sp³-hybridized carbons (Fsp3) is 0.714. The number of fused-ring (bicyclic) bond motifs is 2. The molecule has 4 aliphatic rings. The van der Waals surface area contributed by atoms with Gasteiger partial charge in [-0.1, -0.05) is 6.92 Å². The van der Waals surface area contributed by atoms with E-state index in [0.717, 1.165) is 31.5 Å². The van der Waals surface area contributed by atoms with E-state index in [2.05, 4.69) is 22.0 Å². The molecule has 0 bridgehead atoms. The van der Waals surface area contributed by atoms with Crippen LogP contribution in [0.5, 0.6) is 0 Å². The van der Waals surface area contributed by atoms with Crippen LogP contribution in [0, 0.1) is 17.6 Å². The average molecular weight is 440 g/mol. The van der Waals surface area contributed by atoms with Crippen LogP contribution in [-0.4, -0.2) is 76.6 Å². The first kappa shape index (κ1) is 21.6. The average Bonchev–Trinajstić information content (AvgIpc) is 3.43. The van der Waals surface area contributed by atoms with Crippen molar-refractivity contribution in [3.05, 3.63) is 34.9 Å². The van der Waals surface area contributed by atoms with Gasteiger partial charge < -0.3 is 25.4 Å². The molecule has 8 atom stereocenters. The lowest BCUT2D eigenvalue weighted by molar-refractivity contribution is -0.154. The van der Waals surface area contributed by atoms with Gasteiger partial charge in [0.1, 0.15) is 30.6 Å². The lowest BCUT2D eigenvalue weighted by atomic mass is 9.97. The smallest absolute Gasteiger partial charge is 0.159 e. The Bertz CT molecular complexity index is 833. The fourth-order valence-corrected chi connectivity index (χ4v) is 5.66. The maximum absolute atomic E-state index is 13.9. The minimum Gasteiger partial charge on any atom is -0.387 e. The Labute approximate surface area is 179 Å². The number of aliphatic hydroxyl groups excluding tert-OH is 2. The predicted octanol–water partition coefficient (Wildman–Crippen LogP) is 0.188. The number of halogens is 2. The summed E-state index contributed by atoms with van der Waals surface area (Å²) in [7, 11) is 0. The normalized spacial score (nSPS) is 41.0. The molecule has 0 spiro atoms. The van der Waals surface area contributed by atoms with Gasteiger partial charge in [-0.25, -0.2) is 8.78 Å². The van der Waals surface area contributed by atoms with Crippen molar-refractivity contribution >= 4 is 0 Å². The number of aliphatic hydroxyl groups is 2. The third-order valence-electron chi connectivity index (χ3n) is 7.13. The molecule has 3 saturated heterocycles. The second-order valence-corrected chi connectivity index (χ2v) is 8.97. The molecule has 4 heterocycles. The molecule has 0 radical (unpaired) electrons. The van der Waals surface area contributed by atoms with Crippen molar-refractivity contribution in [3.63, 3.8) is 0 Å². The van der Waals surface area contributed by atoms with Gasteiger partial charge in [-0.15, -0.1) is 0 Å². The first-order valence-corrected chi connectivity index (χ1v) is 11.0. The number of nitrogens with one attached hydrogen (secondary N) is 1. The summed E-state index contributed by atoms with van der Waals surface area (Å²) < 4.78 is 39.4. The van der Waals surface area contributed by atoms with Crippen molar-refractivity contribution in [2.24, 2.45) is 11.7 Å².